The lowest BCUT2D eigenvalue weighted by Crippen LogP contribution is -2.14. The van der Waals surface area contributed by atoms with E-state index in [0.29, 0.717) is 6.04 Å². The zero-order valence-corrected chi connectivity index (χ0v) is 11.3. The first-order valence-corrected chi connectivity index (χ1v) is 6.69. The van der Waals surface area contributed by atoms with Gasteiger partial charge in [0.2, 0.25) is 0 Å². The Balaban J connectivity index is 1.81. The molecule has 1 N–H and O–H groups in total. The minimum Gasteiger partial charge on any atom is -0.305 e. The van der Waals surface area contributed by atoms with Crippen molar-refractivity contribution >= 4 is 11.3 Å². The quantitative estimate of drug-likeness (QED) is 0.886. The molecule has 5 heteroatoms. The van der Waals surface area contributed by atoms with Gasteiger partial charge < -0.3 is 5.32 Å². The fraction of sp³-hybridized carbons (Fsp3) is 0.500. The summed E-state index contributed by atoms with van der Waals surface area (Å²) in [7, 11) is 0. The van der Waals surface area contributed by atoms with Crippen molar-refractivity contribution in [2.45, 2.75) is 39.9 Å². The van der Waals surface area contributed by atoms with E-state index in [4.69, 9.17) is 0 Å². The van der Waals surface area contributed by atoms with E-state index in [9.17, 15) is 0 Å². The van der Waals surface area contributed by atoms with Gasteiger partial charge in [0.1, 0.15) is 0 Å². The van der Waals surface area contributed by atoms with E-state index >= 15 is 0 Å². The van der Waals surface area contributed by atoms with Crippen molar-refractivity contribution < 1.29 is 0 Å². The molecular formula is C12H18N4S. The third-order valence-corrected chi connectivity index (χ3v) is 3.29. The van der Waals surface area contributed by atoms with Crippen molar-refractivity contribution in [3.63, 3.8) is 0 Å². The Kier molecular flexibility index (Phi) is 3.91. The summed E-state index contributed by atoms with van der Waals surface area (Å²) in [6.07, 6.45) is 2.02. The molecule has 0 amide bonds. The molecule has 0 aliphatic carbocycles. The van der Waals surface area contributed by atoms with Crippen LogP contribution in [0.4, 0.5) is 0 Å². The molecule has 0 aromatic carbocycles. The average Bonchev–Trinajstić information content (AvgIpc) is 2.88. The predicted octanol–water partition coefficient (Wildman–Crippen LogP) is 2.52. The first-order chi connectivity index (χ1) is 8.15. The van der Waals surface area contributed by atoms with Crippen molar-refractivity contribution in [3.05, 3.63) is 34.0 Å². The summed E-state index contributed by atoms with van der Waals surface area (Å²) in [4.78, 5) is 4.41. The normalized spacial score (nSPS) is 11.3. The van der Waals surface area contributed by atoms with Gasteiger partial charge in [-0.2, -0.15) is 5.10 Å². The fourth-order valence-corrected chi connectivity index (χ4v) is 2.18. The van der Waals surface area contributed by atoms with E-state index in [2.05, 4.69) is 40.7 Å². The van der Waals surface area contributed by atoms with Gasteiger partial charge in [-0.05, 0) is 26.8 Å². The Morgan fingerprint density at radius 2 is 2.12 bits per heavy atom. The van der Waals surface area contributed by atoms with Gasteiger partial charge in [-0.3, -0.25) is 4.68 Å². The Morgan fingerprint density at radius 3 is 2.71 bits per heavy atom. The SMILES string of the molecule is Cc1nc(CNCc2ccn(C(C)C)n2)cs1. The minimum absolute atomic E-state index is 0.421. The van der Waals surface area contributed by atoms with Crippen LogP contribution in [0, 0.1) is 6.92 Å². The average molecular weight is 250 g/mol. The highest BCUT2D eigenvalue weighted by Crippen LogP contribution is 2.08. The molecule has 2 heterocycles. The van der Waals surface area contributed by atoms with E-state index in [-0.39, 0.29) is 0 Å². The summed E-state index contributed by atoms with van der Waals surface area (Å²) < 4.78 is 1.98. The number of hydrogen-bond donors (Lipinski definition) is 1. The lowest BCUT2D eigenvalue weighted by molar-refractivity contribution is 0.521. The molecule has 0 saturated carbocycles. The smallest absolute Gasteiger partial charge is 0.0897 e. The fourth-order valence-electron chi connectivity index (χ4n) is 1.57. The van der Waals surface area contributed by atoms with Crippen LogP contribution in [0.25, 0.3) is 0 Å². The number of aryl methyl sites for hydroxylation is 1. The highest BCUT2D eigenvalue weighted by Gasteiger charge is 2.02. The van der Waals surface area contributed by atoms with Crippen molar-refractivity contribution in [2.75, 3.05) is 0 Å². The van der Waals surface area contributed by atoms with Crippen LogP contribution in [0.5, 0.6) is 0 Å². The van der Waals surface area contributed by atoms with Crippen LogP contribution < -0.4 is 5.32 Å². The molecule has 2 aromatic rings. The Labute approximate surface area is 106 Å². The Bertz CT molecular complexity index is 472. The molecule has 0 aliphatic rings. The van der Waals surface area contributed by atoms with E-state index in [1.54, 1.807) is 11.3 Å². The second kappa shape index (κ2) is 5.42. The molecular weight excluding hydrogens is 232 g/mol. The first kappa shape index (κ1) is 12.3. The molecule has 0 aliphatic heterocycles. The minimum atomic E-state index is 0.421. The molecule has 0 atom stereocenters. The molecule has 0 bridgehead atoms. The van der Waals surface area contributed by atoms with E-state index in [0.717, 1.165) is 29.5 Å². The number of thiazole rings is 1. The molecule has 2 aromatic heterocycles. The van der Waals surface area contributed by atoms with Gasteiger partial charge in [0, 0.05) is 30.7 Å². The lowest BCUT2D eigenvalue weighted by Gasteiger charge is -2.04. The van der Waals surface area contributed by atoms with Gasteiger partial charge in [0.25, 0.3) is 0 Å². The zero-order valence-electron chi connectivity index (χ0n) is 10.5. The summed E-state index contributed by atoms with van der Waals surface area (Å²) in [5.41, 5.74) is 2.18. The molecule has 0 spiro atoms. The highest BCUT2D eigenvalue weighted by molar-refractivity contribution is 7.09. The second-order valence-corrected chi connectivity index (χ2v) is 5.40. The maximum Gasteiger partial charge on any atom is 0.0897 e. The van der Waals surface area contributed by atoms with E-state index in [1.807, 2.05) is 17.8 Å². The molecule has 4 nitrogen and oxygen atoms in total. The third kappa shape index (κ3) is 3.38. The lowest BCUT2D eigenvalue weighted by atomic mass is 10.4. The number of hydrogen-bond acceptors (Lipinski definition) is 4. The van der Waals surface area contributed by atoms with Gasteiger partial charge in [-0.1, -0.05) is 0 Å². The first-order valence-electron chi connectivity index (χ1n) is 5.81. The van der Waals surface area contributed by atoms with Crippen molar-refractivity contribution in [3.8, 4) is 0 Å². The summed E-state index contributed by atoms with van der Waals surface area (Å²) in [6, 6.07) is 2.48. The van der Waals surface area contributed by atoms with Gasteiger partial charge in [0.15, 0.2) is 0 Å². The van der Waals surface area contributed by atoms with Crippen LogP contribution in [-0.4, -0.2) is 14.8 Å². The third-order valence-electron chi connectivity index (χ3n) is 2.47. The topological polar surface area (TPSA) is 42.7 Å². The van der Waals surface area contributed by atoms with Crippen LogP contribution >= 0.6 is 11.3 Å². The van der Waals surface area contributed by atoms with E-state index in [1.165, 1.54) is 0 Å². The molecule has 0 unspecified atom stereocenters. The Hall–Kier alpha value is -1.20. The largest absolute Gasteiger partial charge is 0.305 e. The maximum absolute atomic E-state index is 4.48. The maximum atomic E-state index is 4.48. The highest BCUT2D eigenvalue weighted by atomic mass is 32.1. The summed E-state index contributed by atoms with van der Waals surface area (Å²) >= 11 is 1.69. The zero-order chi connectivity index (χ0) is 12.3. The second-order valence-electron chi connectivity index (χ2n) is 4.34. The van der Waals surface area contributed by atoms with Crippen LogP contribution in [0.3, 0.4) is 0 Å². The molecule has 0 saturated heterocycles. The molecule has 92 valence electrons. The summed E-state index contributed by atoms with van der Waals surface area (Å²) in [5, 5.41) is 11.0. The van der Waals surface area contributed by atoms with Gasteiger partial charge in [-0.15, -0.1) is 11.3 Å². The molecule has 2 rings (SSSR count). The van der Waals surface area contributed by atoms with Gasteiger partial charge in [0.05, 0.1) is 16.4 Å². The van der Waals surface area contributed by atoms with Crippen molar-refractivity contribution in [1.82, 2.24) is 20.1 Å². The number of aromatic nitrogens is 3. The number of rotatable bonds is 5. The molecule has 0 radical (unpaired) electrons. The molecule has 0 fully saturated rings. The van der Waals surface area contributed by atoms with Crippen LogP contribution in [-0.2, 0) is 13.1 Å². The summed E-state index contributed by atoms with van der Waals surface area (Å²) in [5.74, 6) is 0. The van der Waals surface area contributed by atoms with Gasteiger partial charge >= 0.3 is 0 Å². The Morgan fingerprint density at radius 1 is 1.35 bits per heavy atom. The van der Waals surface area contributed by atoms with Crippen LogP contribution in [0.1, 0.15) is 36.3 Å². The predicted molar refractivity (Wildman–Crippen MR) is 70.0 cm³/mol. The van der Waals surface area contributed by atoms with Crippen LogP contribution in [0.2, 0.25) is 0 Å². The summed E-state index contributed by atoms with van der Waals surface area (Å²) in [6.45, 7) is 7.87. The monoisotopic (exact) mass is 250 g/mol. The van der Waals surface area contributed by atoms with Crippen molar-refractivity contribution in [1.29, 1.82) is 0 Å². The number of nitrogens with one attached hydrogen (secondary N) is 1. The number of nitrogens with zero attached hydrogens (tertiary/aromatic N) is 3. The molecule has 17 heavy (non-hydrogen) atoms. The van der Waals surface area contributed by atoms with Crippen LogP contribution in [0.15, 0.2) is 17.6 Å². The van der Waals surface area contributed by atoms with E-state index < -0.39 is 0 Å². The van der Waals surface area contributed by atoms with Gasteiger partial charge in [-0.25, -0.2) is 4.98 Å². The van der Waals surface area contributed by atoms with Crippen molar-refractivity contribution in [2.24, 2.45) is 0 Å². The standard InChI is InChI=1S/C12H18N4S/c1-9(2)16-5-4-11(15-16)6-13-7-12-8-17-10(3)14-12/h4-5,8-9,13H,6-7H2,1-3H3.